The van der Waals surface area contributed by atoms with E-state index >= 15 is 0 Å². The zero-order valence-electron chi connectivity index (χ0n) is 13.2. The molecule has 2 aliphatic rings. The third-order valence-corrected chi connectivity index (χ3v) is 5.07. The van der Waals surface area contributed by atoms with Crippen LogP contribution >= 0.6 is 0 Å². The topological polar surface area (TPSA) is 69.6 Å². The van der Waals surface area contributed by atoms with Crippen molar-refractivity contribution >= 4 is 12.0 Å². The number of aliphatic carboxylic acids is 1. The first kappa shape index (κ1) is 16.1. The van der Waals surface area contributed by atoms with Crippen LogP contribution in [0.4, 0.5) is 4.79 Å². The summed E-state index contributed by atoms with van der Waals surface area (Å²) in [7, 11) is 0. The normalized spacial score (nSPS) is 27.1. The average Bonchev–Trinajstić information content (AvgIpc) is 3.02. The van der Waals surface area contributed by atoms with Crippen molar-refractivity contribution < 1.29 is 14.7 Å². The van der Waals surface area contributed by atoms with Gasteiger partial charge >= 0.3 is 12.0 Å². The quantitative estimate of drug-likeness (QED) is 0.759. The first-order chi connectivity index (χ1) is 9.97. The molecule has 0 radical (unpaired) electrons. The lowest BCUT2D eigenvalue weighted by Crippen LogP contribution is -2.46. The monoisotopic (exact) mass is 296 g/mol. The van der Waals surface area contributed by atoms with E-state index in [2.05, 4.69) is 5.32 Å². The van der Waals surface area contributed by atoms with E-state index < -0.39 is 5.97 Å². The van der Waals surface area contributed by atoms with E-state index in [0.29, 0.717) is 18.9 Å². The molecule has 0 heterocycles. The molecule has 2 N–H and O–H groups in total. The van der Waals surface area contributed by atoms with Crippen molar-refractivity contribution in [3.05, 3.63) is 0 Å². The summed E-state index contributed by atoms with van der Waals surface area (Å²) < 4.78 is 0. The number of carbonyl (C=O) groups is 2. The number of fused-ring (bicyclic) bond motifs is 2. The number of hydrogen-bond acceptors (Lipinski definition) is 2. The molecule has 0 aromatic heterocycles. The van der Waals surface area contributed by atoms with Crippen LogP contribution in [0, 0.1) is 17.8 Å². The van der Waals surface area contributed by atoms with Gasteiger partial charge in [-0.25, -0.2) is 4.79 Å². The summed E-state index contributed by atoms with van der Waals surface area (Å²) in [5.74, 6) is 1.56. The highest BCUT2D eigenvalue weighted by Crippen LogP contribution is 2.47. The van der Waals surface area contributed by atoms with Crippen LogP contribution in [0.25, 0.3) is 0 Å². The maximum atomic E-state index is 12.3. The molecule has 5 nitrogen and oxygen atoms in total. The number of hydrogen-bond donors (Lipinski definition) is 2. The second-order valence-corrected chi connectivity index (χ2v) is 6.91. The molecule has 0 aliphatic heterocycles. The van der Waals surface area contributed by atoms with Gasteiger partial charge in [-0.15, -0.1) is 0 Å². The summed E-state index contributed by atoms with van der Waals surface area (Å²) in [6, 6.07) is 0.0528. The van der Waals surface area contributed by atoms with Crippen molar-refractivity contribution in [1.82, 2.24) is 10.2 Å². The van der Waals surface area contributed by atoms with Crippen molar-refractivity contribution in [2.24, 2.45) is 17.8 Å². The summed E-state index contributed by atoms with van der Waals surface area (Å²) in [6.45, 7) is 5.23. The Hall–Kier alpha value is -1.26. The van der Waals surface area contributed by atoms with Crippen LogP contribution in [0.1, 0.15) is 52.4 Å². The van der Waals surface area contributed by atoms with Crippen LogP contribution in [0.3, 0.4) is 0 Å². The minimum absolute atomic E-state index is 0.0434. The van der Waals surface area contributed by atoms with Crippen LogP contribution in [-0.4, -0.2) is 41.1 Å². The van der Waals surface area contributed by atoms with Crippen molar-refractivity contribution in [1.29, 1.82) is 0 Å². The van der Waals surface area contributed by atoms with E-state index in [9.17, 15) is 9.59 Å². The molecule has 0 spiro atoms. The molecule has 0 aromatic carbocycles. The van der Waals surface area contributed by atoms with Gasteiger partial charge in [-0.05, 0) is 57.3 Å². The average molecular weight is 296 g/mol. The lowest BCUT2D eigenvalue weighted by molar-refractivity contribution is -0.137. The van der Waals surface area contributed by atoms with Gasteiger partial charge in [0, 0.05) is 25.6 Å². The molecule has 2 fully saturated rings. The molecule has 21 heavy (non-hydrogen) atoms. The van der Waals surface area contributed by atoms with Crippen LogP contribution in [0.5, 0.6) is 0 Å². The van der Waals surface area contributed by atoms with E-state index in [4.69, 9.17) is 5.11 Å². The molecule has 5 heteroatoms. The number of nitrogens with zero attached hydrogens (tertiary/aromatic N) is 1. The standard InChI is InChI=1S/C16H28N2O3/c1-11(2)18(7-3-4-15(19)20)16(21)17-10-14-9-12-5-6-13(14)8-12/h11-14H,3-10H2,1-2H3,(H,17,21)(H,19,20). The van der Waals surface area contributed by atoms with Gasteiger partial charge in [0.25, 0.3) is 0 Å². The minimum atomic E-state index is -0.805. The second kappa shape index (κ2) is 7.14. The van der Waals surface area contributed by atoms with Gasteiger partial charge in [0.2, 0.25) is 0 Å². The Morgan fingerprint density at radius 2 is 2.05 bits per heavy atom. The van der Waals surface area contributed by atoms with Crippen molar-refractivity contribution in [3.8, 4) is 0 Å². The van der Waals surface area contributed by atoms with Crippen LogP contribution in [0.15, 0.2) is 0 Å². The summed E-state index contributed by atoms with van der Waals surface area (Å²) >= 11 is 0. The highest BCUT2D eigenvalue weighted by molar-refractivity contribution is 5.74. The number of carboxylic acid groups (broad SMARTS) is 1. The Morgan fingerprint density at radius 3 is 2.57 bits per heavy atom. The SMILES string of the molecule is CC(C)N(CCCC(=O)O)C(=O)NCC1CC2CCC1C2. The highest BCUT2D eigenvalue weighted by Gasteiger charge is 2.39. The maximum Gasteiger partial charge on any atom is 0.317 e. The summed E-state index contributed by atoms with van der Waals surface area (Å²) in [5, 5.41) is 11.8. The first-order valence-electron chi connectivity index (χ1n) is 8.23. The van der Waals surface area contributed by atoms with Crippen molar-refractivity contribution in [2.45, 2.75) is 58.4 Å². The van der Waals surface area contributed by atoms with Crippen molar-refractivity contribution in [2.75, 3.05) is 13.1 Å². The van der Waals surface area contributed by atoms with E-state index in [1.165, 1.54) is 25.7 Å². The van der Waals surface area contributed by atoms with E-state index in [0.717, 1.165) is 18.4 Å². The van der Waals surface area contributed by atoms with Crippen LogP contribution in [-0.2, 0) is 4.79 Å². The van der Waals surface area contributed by atoms with E-state index in [1.807, 2.05) is 13.8 Å². The Balaban J connectivity index is 1.74. The molecule has 3 unspecified atom stereocenters. The summed E-state index contributed by atoms with van der Waals surface area (Å²) in [6.07, 6.45) is 5.96. The smallest absolute Gasteiger partial charge is 0.317 e. The van der Waals surface area contributed by atoms with Crippen LogP contribution in [0.2, 0.25) is 0 Å². The number of nitrogens with one attached hydrogen (secondary N) is 1. The number of carboxylic acids is 1. The largest absolute Gasteiger partial charge is 0.481 e. The van der Waals surface area contributed by atoms with Gasteiger partial charge in [0.05, 0.1) is 0 Å². The Labute approximate surface area is 127 Å². The molecule has 2 amide bonds. The molecule has 120 valence electrons. The summed E-state index contributed by atoms with van der Waals surface area (Å²) in [5.41, 5.74) is 0. The number of amides is 2. The number of rotatable bonds is 7. The van der Waals surface area contributed by atoms with E-state index in [-0.39, 0.29) is 18.5 Å². The Kier molecular flexibility index (Phi) is 5.48. The van der Waals surface area contributed by atoms with Gasteiger partial charge in [-0.1, -0.05) is 6.42 Å². The van der Waals surface area contributed by atoms with Gasteiger partial charge in [-0.3, -0.25) is 4.79 Å². The molecule has 3 atom stereocenters. The summed E-state index contributed by atoms with van der Waals surface area (Å²) in [4.78, 5) is 24.6. The second-order valence-electron chi connectivity index (χ2n) is 6.91. The fourth-order valence-corrected chi connectivity index (χ4v) is 3.94. The predicted molar refractivity (Wildman–Crippen MR) is 81.0 cm³/mol. The zero-order chi connectivity index (χ0) is 15.4. The molecule has 2 saturated carbocycles. The van der Waals surface area contributed by atoms with Gasteiger partial charge in [-0.2, -0.15) is 0 Å². The van der Waals surface area contributed by atoms with Crippen LogP contribution < -0.4 is 5.32 Å². The third kappa shape index (κ3) is 4.35. The minimum Gasteiger partial charge on any atom is -0.481 e. The molecular formula is C16H28N2O3. The Bertz CT molecular complexity index is 384. The fourth-order valence-electron chi connectivity index (χ4n) is 3.94. The molecule has 2 aliphatic carbocycles. The molecular weight excluding hydrogens is 268 g/mol. The first-order valence-corrected chi connectivity index (χ1v) is 8.23. The zero-order valence-corrected chi connectivity index (χ0v) is 13.2. The van der Waals surface area contributed by atoms with E-state index in [1.54, 1.807) is 4.90 Å². The molecule has 0 aromatic rings. The lowest BCUT2D eigenvalue weighted by atomic mass is 9.89. The lowest BCUT2D eigenvalue weighted by Gasteiger charge is -2.29. The highest BCUT2D eigenvalue weighted by atomic mass is 16.4. The molecule has 0 saturated heterocycles. The van der Waals surface area contributed by atoms with Gasteiger partial charge < -0.3 is 15.3 Å². The fraction of sp³-hybridized carbons (Fsp3) is 0.875. The number of carbonyl (C=O) groups excluding carboxylic acids is 1. The Morgan fingerprint density at radius 1 is 1.29 bits per heavy atom. The predicted octanol–water partition coefficient (Wildman–Crippen LogP) is 2.71. The molecule has 2 rings (SSSR count). The van der Waals surface area contributed by atoms with Gasteiger partial charge in [0.1, 0.15) is 0 Å². The van der Waals surface area contributed by atoms with Gasteiger partial charge in [0.15, 0.2) is 0 Å². The van der Waals surface area contributed by atoms with Crippen molar-refractivity contribution in [3.63, 3.8) is 0 Å². The third-order valence-electron chi connectivity index (χ3n) is 5.07. The molecule has 2 bridgehead atoms. The number of urea groups is 1. The maximum absolute atomic E-state index is 12.3.